The maximum atomic E-state index is 9.49. The number of nitrogens with zero attached hydrogens (tertiary/aromatic N) is 1. The first-order chi connectivity index (χ1) is 5.29. The molecule has 1 saturated heterocycles. The summed E-state index contributed by atoms with van der Waals surface area (Å²) in [7, 11) is 0. The summed E-state index contributed by atoms with van der Waals surface area (Å²) >= 11 is 0. The van der Waals surface area contributed by atoms with Crippen LogP contribution in [0.5, 0.6) is 0 Å². The van der Waals surface area contributed by atoms with Crippen molar-refractivity contribution >= 4 is 0 Å². The summed E-state index contributed by atoms with van der Waals surface area (Å²) in [6.07, 6.45) is 0.878. The molecule has 0 atom stereocenters. The Morgan fingerprint density at radius 3 is 2.17 bits per heavy atom. The van der Waals surface area contributed by atoms with Gasteiger partial charge in [0.1, 0.15) is 0 Å². The molecule has 12 heavy (non-hydrogen) atoms. The van der Waals surface area contributed by atoms with Crippen LogP contribution in [0.2, 0.25) is 0 Å². The Labute approximate surface area is 75.6 Å². The van der Waals surface area contributed by atoms with Crippen LogP contribution in [0.3, 0.4) is 0 Å². The highest BCUT2D eigenvalue weighted by atomic mass is 16.3. The van der Waals surface area contributed by atoms with Gasteiger partial charge in [0.2, 0.25) is 0 Å². The van der Waals surface area contributed by atoms with Gasteiger partial charge in [-0.1, -0.05) is 13.8 Å². The Balaban J connectivity index is 2.12. The van der Waals surface area contributed by atoms with Crippen molar-refractivity contribution in [3.63, 3.8) is 0 Å². The predicted octanol–water partition coefficient (Wildman–Crippen LogP) is 1.49. The van der Waals surface area contributed by atoms with Crippen LogP contribution >= 0.6 is 0 Å². The Morgan fingerprint density at radius 1 is 1.33 bits per heavy atom. The van der Waals surface area contributed by atoms with E-state index in [0.29, 0.717) is 5.41 Å². The summed E-state index contributed by atoms with van der Waals surface area (Å²) < 4.78 is 0. The third kappa shape index (κ3) is 3.11. The van der Waals surface area contributed by atoms with Crippen molar-refractivity contribution in [2.75, 3.05) is 19.6 Å². The zero-order valence-electron chi connectivity index (χ0n) is 8.72. The predicted molar refractivity (Wildman–Crippen MR) is 51.1 cm³/mol. The molecule has 0 amide bonds. The molecule has 0 saturated carbocycles. The Bertz CT molecular complexity index is 150. The minimum atomic E-state index is -0.500. The van der Waals surface area contributed by atoms with Crippen LogP contribution < -0.4 is 0 Å². The Hall–Kier alpha value is -0.0800. The molecule has 0 spiro atoms. The molecule has 0 aliphatic carbocycles. The van der Waals surface area contributed by atoms with E-state index < -0.39 is 5.60 Å². The average molecular weight is 171 g/mol. The molecule has 2 nitrogen and oxygen atoms in total. The van der Waals surface area contributed by atoms with Crippen molar-refractivity contribution in [2.45, 2.75) is 39.7 Å². The zero-order valence-corrected chi connectivity index (χ0v) is 8.72. The molecule has 1 aliphatic rings. The second-order valence-corrected chi connectivity index (χ2v) is 5.44. The second-order valence-electron chi connectivity index (χ2n) is 5.44. The lowest BCUT2D eigenvalue weighted by Crippen LogP contribution is -2.53. The van der Waals surface area contributed by atoms with Gasteiger partial charge in [-0.3, -0.25) is 0 Å². The maximum Gasteiger partial charge on any atom is 0.0603 e. The number of hydrogen-bond acceptors (Lipinski definition) is 2. The topological polar surface area (TPSA) is 23.5 Å². The van der Waals surface area contributed by atoms with Gasteiger partial charge in [0.05, 0.1) is 5.60 Å². The highest BCUT2D eigenvalue weighted by molar-refractivity contribution is 4.88. The fourth-order valence-corrected chi connectivity index (χ4v) is 1.75. The van der Waals surface area contributed by atoms with Gasteiger partial charge in [0.25, 0.3) is 0 Å². The SMILES string of the molecule is CC(C)(O)CCN1CC(C)(C)C1. The van der Waals surface area contributed by atoms with Crippen LogP contribution in [0, 0.1) is 5.41 Å². The van der Waals surface area contributed by atoms with Gasteiger partial charge < -0.3 is 10.0 Å². The summed E-state index contributed by atoms with van der Waals surface area (Å²) in [5.74, 6) is 0. The molecule has 0 radical (unpaired) electrons. The van der Waals surface area contributed by atoms with E-state index in [2.05, 4.69) is 18.7 Å². The first kappa shape index (κ1) is 10.0. The van der Waals surface area contributed by atoms with E-state index >= 15 is 0 Å². The Kier molecular flexibility index (Phi) is 2.50. The number of likely N-dealkylation sites (tertiary alicyclic amines) is 1. The van der Waals surface area contributed by atoms with Crippen LogP contribution in [0.4, 0.5) is 0 Å². The van der Waals surface area contributed by atoms with Gasteiger partial charge in [-0.05, 0) is 25.7 Å². The molecule has 1 fully saturated rings. The van der Waals surface area contributed by atoms with E-state index in [1.54, 1.807) is 0 Å². The van der Waals surface area contributed by atoms with Crippen molar-refractivity contribution in [1.29, 1.82) is 0 Å². The lowest BCUT2D eigenvalue weighted by molar-refractivity contribution is -0.000757. The van der Waals surface area contributed by atoms with E-state index in [4.69, 9.17) is 0 Å². The third-order valence-electron chi connectivity index (χ3n) is 2.34. The Morgan fingerprint density at radius 2 is 1.83 bits per heavy atom. The first-order valence-electron chi connectivity index (χ1n) is 4.73. The molecule has 0 bridgehead atoms. The smallest absolute Gasteiger partial charge is 0.0603 e. The van der Waals surface area contributed by atoms with E-state index in [1.165, 1.54) is 13.1 Å². The van der Waals surface area contributed by atoms with E-state index in [-0.39, 0.29) is 0 Å². The average Bonchev–Trinajstić information content (AvgIpc) is 1.76. The van der Waals surface area contributed by atoms with E-state index in [1.807, 2.05) is 13.8 Å². The molecule has 1 N–H and O–H groups in total. The van der Waals surface area contributed by atoms with Crippen LogP contribution in [0.1, 0.15) is 34.1 Å². The van der Waals surface area contributed by atoms with Crippen LogP contribution in [0.15, 0.2) is 0 Å². The molecule has 1 heterocycles. The third-order valence-corrected chi connectivity index (χ3v) is 2.34. The van der Waals surface area contributed by atoms with E-state index in [9.17, 15) is 5.11 Å². The molecule has 1 aliphatic heterocycles. The monoisotopic (exact) mass is 171 g/mol. The fraction of sp³-hybridized carbons (Fsp3) is 1.00. The lowest BCUT2D eigenvalue weighted by atomic mass is 9.84. The number of rotatable bonds is 3. The summed E-state index contributed by atoms with van der Waals surface area (Å²) in [6.45, 7) is 11.7. The van der Waals surface area contributed by atoms with Crippen molar-refractivity contribution < 1.29 is 5.11 Å². The van der Waals surface area contributed by atoms with Crippen molar-refractivity contribution in [3.8, 4) is 0 Å². The summed E-state index contributed by atoms with van der Waals surface area (Å²) in [5, 5.41) is 9.49. The van der Waals surface area contributed by atoms with Crippen molar-refractivity contribution in [2.24, 2.45) is 5.41 Å². The lowest BCUT2D eigenvalue weighted by Gasteiger charge is -2.46. The molecule has 1 rings (SSSR count). The van der Waals surface area contributed by atoms with Gasteiger partial charge in [-0.25, -0.2) is 0 Å². The van der Waals surface area contributed by atoms with Crippen molar-refractivity contribution in [3.05, 3.63) is 0 Å². The fourth-order valence-electron chi connectivity index (χ4n) is 1.75. The van der Waals surface area contributed by atoms with Crippen LogP contribution in [-0.4, -0.2) is 35.2 Å². The van der Waals surface area contributed by atoms with Crippen LogP contribution in [0.25, 0.3) is 0 Å². The molecule has 0 unspecified atom stereocenters. The normalized spacial score (nSPS) is 23.8. The largest absolute Gasteiger partial charge is 0.390 e. The molecule has 0 aromatic rings. The maximum absolute atomic E-state index is 9.49. The highest BCUT2D eigenvalue weighted by Crippen LogP contribution is 2.29. The molecule has 72 valence electrons. The summed E-state index contributed by atoms with van der Waals surface area (Å²) in [6, 6.07) is 0. The zero-order chi connectivity index (χ0) is 9.41. The summed E-state index contributed by atoms with van der Waals surface area (Å²) in [5.41, 5.74) is 0.0132. The molecule has 0 aromatic carbocycles. The first-order valence-corrected chi connectivity index (χ1v) is 4.73. The minimum absolute atomic E-state index is 0.500. The van der Waals surface area contributed by atoms with Gasteiger partial charge in [0.15, 0.2) is 0 Å². The molecule has 0 aromatic heterocycles. The highest BCUT2D eigenvalue weighted by Gasteiger charge is 2.34. The molecular formula is C10H21NO. The molecule has 2 heteroatoms. The van der Waals surface area contributed by atoms with Gasteiger partial charge >= 0.3 is 0 Å². The standard InChI is InChI=1S/C10H21NO/c1-9(2)7-11(8-9)6-5-10(3,4)12/h12H,5-8H2,1-4H3. The quantitative estimate of drug-likeness (QED) is 0.695. The van der Waals surface area contributed by atoms with Gasteiger partial charge in [0, 0.05) is 19.6 Å². The molecular weight excluding hydrogens is 150 g/mol. The number of aliphatic hydroxyl groups is 1. The van der Waals surface area contributed by atoms with Gasteiger partial charge in [-0.15, -0.1) is 0 Å². The van der Waals surface area contributed by atoms with Gasteiger partial charge in [-0.2, -0.15) is 0 Å². The number of hydrogen-bond donors (Lipinski definition) is 1. The van der Waals surface area contributed by atoms with Crippen LogP contribution in [-0.2, 0) is 0 Å². The summed E-state index contributed by atoms with van der Waals surface area (Å²) in [4.78, 5) is 2.40. The van der Waals surface area contributed by atoms with E-state index in [0.717, 1.165) is 13.0 Å². The minimum Gasteiger partial charge on any atom is -0.390 e. The second kappa shape index (κ2) is 3.00. The van der Waals surface area contributed by atoms with Crippen molar-refractivity contribution in [1.82, 2.24) is 4.90 Å².